The van der Waals surface area contributed by atoms with Crippen molar-refractivity contribution in [1.82, 2.24) is 0 Å². The van der Waals surface area contributed by atoms with Crippen LogP contribution < -0.4 is 5.73 Å². The maximum atomic E-state index is 10.3. The molecule has 0 aliphatic rings. The molecule has 0 amide bonds. The monoisotopic (exact) mass is 355 g/mol. The van der Waals surface area contributed by atoms with Gasteiger partial charge in [0.1, 0.15) is 0 Å². The first-order chi connectivity index (χ1) is 10.8. The smallest absolute Gasteiger partial charge is 0.379 e. The van der Waals surface area contributed by atoms with Gasteiger partial charge in [0.25, 0.3) is 0 Å². The zero-order valence-electron chi connectivity index (χ0n) is 14.9. The van der Waals surface area contributed by atoms with Gasteiger partial charge >= 0.3 is 10.4 Å². The van der Waals surface area contributed by atoms with Gasteiger partial charge in [-0.05, 0) is 13.3 Å². The number of nitrogens with two attached hydrogens (primary N) is 1. The Morgan fingerprint density at radius 1 is 0.870 bits per heavy atom. The second-order valence-corrected chi connectivity index (χ2v) is 6.97. The molecular weight excluding hydrogens is 318 g/mol. The lowest BCUT2D eigenvalue weighted by Gasteiger charge is -2.02. The summed E-state index contributed by atoms with van der Waals surface area (Å²) in [5.74, 6) is 0. The third kappa shape index (κ3) is 34.2. The molecule has 0 radical (unpaired) electrons. The van der Waals surface area contributed by atoms with E-state index in [2.05, 4.69) is 16.8 Å². The fourth-order valence-electron chi connectivity index (χ4n) is 2.11. The van der Waals surface area contributed by atoms with Crippen molar-refractivity contribution in [3.8, 4) is 0 Å². The summed E-state index contributed by atoms with van der Waals surface area (Å²) in [5, 5.41) is 7.83. The topological polar surface area (TPSA) is 110 Å². The third-order valence-electron chi connectivity index (χ3n) is 3.23. The van der Waals surface area contributed by atoms with E-state index in [9.17, 15) is 8.42 Å². The molecule has 142 valence electrons. The summed E-state index contributed by atoms with van der Waals surface area (Å²) in [5.41, 5.74) is 4.67. The van der Waals surface area contributed by atoms with E-state index in [1.54, 1.807) is 0 Å². The Hall–Kier alpha value is -0.210. The van der Waals surface area contributed by atoms with Crippen LogP contribution in [0.3, 0.4) is 0 Å². The number of aliphatic hydroxyl groups is 1. The zero-order chi connectivity index (χ0) is 18.0. The lowest BCUT2D eigenvalue weighted by molar-refractivity contribution is 0.203. The molecule has 0 aromatic rings. The van der Waals surface area contributed by atoms with E-state index >= 15 is 0 Å². The molecule has 1 unspecified atom stereocenters. The average Bonchev–Trinajstić information content (AvgIpc) is 2.42. The maximum absolute atomic E-state index is 10.3. The van der Waals surface area contributed by atoms with Crippen molar-refractivity contribution < 1.29 is 22.3 Å². The number of hydrogen-bond donors (Lipinski definition) is 3. The molecule has 6 nitrogen and oxygen atoms in total. The first-order valence-corrected chi connectivity index (χ1v) is 10.2. The van der Waals surface area contributed by atoms with Gasteiger partial charge in [0, 0.05) is 0 Å². The molecule has 0 aromatic carbocycles. The van der Waals surface area contributed by atoms with E-state index in [0.29, 0.717) is 6.42 Å². The minimum Gasteiger partial charge on any atom is -0.379 e. The first kappa shape index (κ1) is 25.0. The number of unbranched alkanes of at least 4 members (excludes halogenated alkanes) is 11. The molecule has 0 saturated heterocycles. The van der Waals surface area contributed by atoms with E-state index in [4.69, 9.17) is 9.66 Å². The minimum absolute atomic E-state index is 0.0935. The number of hydrogen-bond acceptors (Lipinski definition) is 5. The lowest BCUT2D eigenvalue weighted by atomic mass is 10.1. The fraction of sp³-hybridized carbons (Fsp3) is 1.00. The van der Waals surface area contributed by atoms with Crippen molar-refractivity contribution >= 4 is 10.4 Å². The quantitative estimate of drug-likeness (QED) is 0.248. The largest absolute Gasteiger partial charge is 0.397 e. The summed E-state index contributed by atoms with van der Waals surface area (Å²) in [6, 6.07) is 0. The first-order valence-electron chi connectivity index (χ1n) is 8.85. The van der Waals surface area contributed by atoms with E-state index in [1.165, 1.54) is 64.7 Å². The second kappa shape index (κ2) is 18.1. The van der Waals surface area contributed by atoms with Crippen LogP contribution in [0.1, 0.15) is 90.9 Å². The molecule has 7 heteroatoms. The van der Waals surface area contributed by atoms with Crippen LogP contribution in [0.25, 0.3) is 0 Å². The van der Waals surface area contributed by atoms with Crippen molar-refractivity contribution in [2.24, 2.45) is 5.73 Å². The third-order valence-corrected chi connectivity index (χ3v) is 3.69. The van der Waals surface area contributed by atoms with Crippen LogP contribution in [0.15, 0.2) is 0 Å². The van der Waals surface area contributed by atoms with Crippen LogP contribution in [0.2, 0.25) is 0 Å². The Morgan fingerprint density at radius 2 is 1.17 bits per heavy atom. The molecular formula is C16H37NO5S. The van der Waals surface area contributed by atoms with Gasteiger partial charge in [0.15, 0.2) is 0 Å². The second-order valence-electron chi connectivity index (χ2n) is 5.88. The van der Waals surface area contributed by atoms with Gasteiger partial charge in [-0.15, -0.1) is 0 Å². The van der Waals surface area contributed by atoms with Crippen LogP contribution in [-0.4, -0.2) is 30.9 Å². The Kier molecular flexibility index (Phi) is 19.7. The molecule has 0 aromatic heterocycles. The van der Waals surface area contributed by atoms with Gasteiger partial charge in [-0.2, -0.15) is 8.42 Å². The van der Waals surface area contributed by atoms with Crippen molar-refractivity contribution in [3.63, 3.8) is 0 Å². The Balaban J connectivity index is 0. The van der Waals surface area contributed by atoms with Crippen molar-refractivity contribution in [2.45, 2.75) is 97.1 Å². The molecule has 0 aliphatic carbocycles. The zero-order valence-corrected chi connectivity index (χ0v) is 15.7. The van der Waals surface area contributed by atoms with E-state index < -0.39 is 16.6 Å². The predicted octanol–water partition coefficient (Wildman–Crippen LogP) is 3.79. The van der Waals surface area contributed by atoms with E-state index in [0.717, 1.165) is 12.8 Å². The predicted molar refractivity (Wildman–Crippen MR) is 94.4 cm³/mol. The highest BCUT2D eigenvalue weighted by molar-refractivity contribution is 7.80. The van der Waals surface area contributed by atoms with Gasteiger partial charge in [0.05, 0.1) is 12.8 Å². The van der Waals surface area contributed by atoms with Crippen LogP contribution in [0.5, 0.6) is 0 Å². The normalized spacial score (nSPS) is 12.6. The van der Waals surface area contributed by atoms with Crippen LogP contribution in [-0.2, 0) is 14.6 Å². The Labute approximate surface area is 142 Å². The lowest BCUT2D eigenvalue weighted by Crippen LogP contribution is -2.11. The Morgan fingerprint density at radius 3 is 1.48 bits per heavy atom. The van der Waals surface area contributed by atoms with Crippen LogP contribution in [0, 0.1) is 0 Å². The standard InChI is InChI=1S/C14H30O4S.C2H7NO/c1-2-3-4-5-6-7-8-9-10-11-12-13-14-18-19(15,16)17;1-2(3)4/h2-14H2,1H3,(H,15,16,17);2,4H,3H2,1H3. The summed E-state index contributed by atoms with van der Waals surface area (Å²) in [6.45, 7) is 3.83. The molecule has 0 heterocycles. The summed E-state index contributed by atoms with van der Waals surface area (Å²) < 4.78 is 33.1. The molecule has 0 fully saturated rings. The summed E-state index contributed by atoms with van der Waals surface area (Å²) in [7, 11) is -4.24. The SMILES string of the molecule is CC(N)O.CCCCCCCCCCCCCCOS(=O)(=O)O. The van der Waals surface area contributed by atoms with Gasteiger partial charge in [-0.3, -0.25) is 4.55 Å². The van der Waals surface area contributed by atoms with E-state index in [1.807, 2.05) is 0 Å². The highest BCUT2D eigenvalue weighted by atomic mass is 32.3. The summed E-state index contributed by atoms with van der Waals surface area (Å²) in [4.78, 5) is 0. The van der Waals surface area contributed by atoms with Crippen molar-refractivity contribution in [1.29, 1.82) is 0 Å². The van der Waals surface area contributed by atoms with Crippen molar-refractivity contribution in [3.05, 3.63) is 0 Å². The minimum atomic E-state index is -4.24. The molecule has 0 spiro atoms. The maximum Gasteiger partial charge on any atom is 0.397 e. The van der Waals surface area contributed by atoms with E-state index in [-0.39, 0.29) is 6.61 Å². The van der Waals surface area contributed by atoms with Gasteiger partial charge in [-0.1, -0.05) is 77.6 Å². The van der Waals surface area contributed by atoms with Crippen molar-refractivity contribution in [2.75, 3.05) is 6.61 Å². The fourth-order valence-corrected chi connectivity index (χ4v) is 2.44. The number of aliphatic hydroxyl groups excluding tert-OH is 1. The molecule has 1 atom stereocenters. The molecule has 0 bridgehead atoms. The highest BCUT2D eigenvalue weighted by Crippen LogP contribution is 2.11. The number of rotatable bonds is 14. The van der Waals surface area contributed by atoms with Gasteiger partial charge < -0.3 is 10.8 Å². The molecule has 0 aliphatic heterocycles. The average molecular weight is 356 g/mol. The molecule has 0 saturated carbocycles. The molecule has 4 N–H and O–H groups in total. The molecule has 0 rings (SSSR count). The Bertz CT molecular complexity index is 318. The molecule has 23 heavy (non-hydrogen) atoms. The van der Waals surface area contributed by atoms with Crippen LogP contribution in [0.4, 0.5) is 0 Å². The van der Waals surface area contributed by atoms with Gasteiger partial charge in [0.2, 0.25) is 0 Å². The summed E-state index contributed by atoms with van der Waals surface area (Å²) >= 11 is 0. The highest BCUT2D eigenvalue weighted by Gasteiger charge is 2.02. The van der Waals surface area contributed by atoms with Crippen LogP contribution >= 0.6 is 0 Å². The summed E-state index contributed by atoms with van der Waals surface area (Å²) in [6.07, 6.45) is 14.0. The van der Waals surface area contributed by atoms with Gasteiger partial charge in [-0.25, -0.2) is 4.18 Å².